The number of hydrogen-bond acceptors (Lipinski definition) is 5. The van der Waals surface area contributed by atoms with Gasteiger partial charge in [-0.2, -0.15) is 0 Å². The molecule has 2 heterocycles. The maximum atomic E-state index is 7.18. The fourth-order valence-electron chi connectivity index (χ4n) is 7.92. The van der Waals surface area contributed by atoms with Crippen molar-refractivity contribution in [2.24, 2.45) is 0 Å². The van der Waals surface area contributed by atoms with Crippen LogP contribution in [0.5, 0.6) is 17.2 Å². The Morgan fingerprint density at radius 3 is 1.57 bits per heavy atom. The lowest BCUT2D eigenvalue weighted by Crippen LogP contribution is -2.04. The predicted octanol–water partition coefficient (Wildman–Crippen LogP) is 14.8. The van der Waals surface area contributed by atoms with Crippen molar-refractivity contribution in [3.05, 3.63) is 146 Å². The molecule has 0 amide bonds. The average Bonchev–Trinajstić information content (AvgIpc) is 3.38. The molecule has 1 unspecified atom stereocenters. The summed E-state index contributed by atoms with van der Waals surface area (Å²) in [6.45, 7) is 21.3. The highest BCUT2D eigenvalue weighted by atomic mass is 31.2. The summed E-state index contributed by atoms with van der Waals surface area (Å²) >= 11 is 0. The number of para-hydroxylation sites is 1. The lowest BCUT2D eigenvalue weighted by molar-refractivity contribution is 0.486. The van der Waals surface area contributed by atoms with Crippen LogP contribution in [0.4, 0.5) is 0 Å². The predicted molar refractivity (Wildman–Crippen MR) is 225 cm³/mol. The third kappa shape index (κ3) is 6.38. The van der Waals surface area contributed by atoms with Crippen molar-refractivity contribution in [1.29, 1.82) is 0 Å². The highest BCUT2D eigenvalue weighted by Crippen LogP contribution is 2.55. The number of benzene rings is 6. The molecule has 274 valence electrons. The van der Waals surface area contributed by atoms with Gasteiger partial charge in [0.2, 0.25) is 0 Å². The Balaban J connectivity index is 1.33. The minimum absolute atomic E-state index is 0.657. The molecule has 0 saturated carbocycles. The van der Waals surface area contributed by atoms with Gasteiger partial charge in [-0.1, -0.05) is 66.7 Å². The van der Waals surface area contributed by atoms with E-state index in [4.69, 9.17) is 22.0 Å². The molecule has 0 fully saturated rings. The van der Waals surface area contributed by atoms with E-state index in [0.29, 0.717) is 6.16 Å². The van der Waals surface area contributed by atoms with Crippen LogP contribution in [0.2, 0.25) is 0 Å². The second-order valence-electron chi connectivity index (χ2n) is 14.9. The zero-order valence-corrected chi connectivity index (χ0v) is 34.5. The molecule has 1 atom stereocenters. The van der Waals surface area contributed by atoms with E-state index >= 15 is 0 Å². The molecule has 5 nitrogen and oxygen atoms in total. The third-order valence-corrected chi connectivity index (χ3v) is 13.1. The zero-order chi connectivity index (χ0) is 38.0. The van der Waals surface area contributed by atoms with E-state index in [1.54, 1.807) is 0 Å². The smallest absolute Gasteiger partial charge is 0.438 e. The van der Waals surface area contributed by atoms with Crippen LogP contribution in [0.3, 0.4) is 0 Å². The topological polar surface area (TPSA) is 54.0 Å². The molecule has 0 radical (unpaired) electrons. The molecule has 7 aromatic rings. The SMILES string of the molecule is Cc1cc(C)c2op(Oc3c(C)cc(C)c(C)c3-c3c(C)c(C)cc(C)c3OP3Cc4ccccc4-c4ccccc4O3)oc3c(C)cc(C)cc3c2c1. The van der Waals surface area contributed by atoms with Crippen LogP contribution in [0, 0.1) is 69.2 Å². The molecule has 7 heteroatoms. The van der Waals surface area contributed by atoms with E-state index < -0.39 is 16.6 Å². The van der Waals surface area contributed by atoms with Crippen LogP contribution in [0.15, 0.2) is 93.3 Å². The summed E-state index contributed by atoms with van der Waals surface area (Å²) in [5.74, 6) is 2.37. The lowest BCUT2D eigenvalue weighted by atomic mass is 9.87. The molecule has 0 spiro atoms. The van der Waals surface area contributed by atoms with Crippen LogP contribution in [-0.4, -0.2) is 0 Å². The Bertz CT molecular complexity index is 2570. The van der Waals surface area contributed by atoms with Crippen molar-refractivity contribution < 1.29 is 22.0 Å². The summed E-state index contributed by atoms with van der Waals surface area (Å²) in [4.78, 5) is 0. The van der Waals surface area contributed by atoms with Gasteiger partial charge in [0.1, 0.15) is 28.4 Å². The molecule has 0 saturated heterocycles. The summed E-state index contributed by atoms with van der Waals surface area (Å²) in [5.41, 5.74) is 18.1. The molecule has 1 aliphatic heterocycles. The molecule has 8 rings (SSSR count). The normalized spacial score (nSPS) is 13.6. The molecular weight excluding hydrogens is 706 g/mol. The van der Waals surface area contributed by atoms with Crippen molar-refractivity contribution in [2.75, 3.05) is 0 Å². The fourth-order valence-corrected chi connectivity index (χ4v) is 10.7. The summed E-state index contributed by atoms with van der Waals surface area (Å²) in [7, 11) is -3.32. The van der Waals surface area contributed by atoms with Gasteiger partial charge >= 0.3 is 8.24 Å². The molecule has 6 aromatic carbocycles. The quantitative estimate of drug-likeness (QED) is 0.164. The maximum Gasteiger partial charge on any atom is 0.453 e. The number of fused-ring (bicyclic) bond motifs is 6. The van der Waals surface area contributed by atoms with Gasteiger partial charge in [-0.05, 0) is 154 Å². The largest absolute Gasteiger partial charge is 0.453 e. The van der Waals surface area contributed by atoms with E-state index in [9.17, 15) is 0 Å². The summed E-state index contributed by atoms with van der Waals surface area (Å²) < 4.78 is 34.7. The van der Waals surface area contributed by atoms with E-state index in [0.717, 1.165) is 89.3 Å². The van der Waals surface area contributed by atoms with E-state index in [-0.39, 0.29) is 0 Å². The summed E-state index contributed by atoms with van der Waals surface area (Å²) in [6, 6.07) is 29.9. The van der Waals surface area contributed by atoms with Gasteiger partial charge < -0.3 is 22.0 Å². The first-order chi connectivity index (χ1) is 25.9. The second-order valence-corrected chi connectivity index (χ2v) is 17.3. The van der Waals surface area contributed by atoms with Gasteiger partial charge in [0.25, 0.3) is 8.38 Å². The molecule has 1 aliphatic rings. The Morgan fingerprint density at radius 1 is 0.500 bits per heavy atom. The van der Waals surface area contributed by atoms with Crippen molar-refractivity contribution in [2.45, 2.75) is 75.4 Å². The lowest BCUT2D eigenvalue weighted by Gasteiger charge is -2.25. The number of hydrogen-bond donors (Lipinski definition) is 0. The highest BCUT2D eigenvalue weighted by Gasteiger charge is 2.30. The van der Waals surface area contributed by atoms with Gasteiger partial charge in [0, 0.05) is 27.5 Å². The third-order valence-electron chi connectivity index (χ3n) is 10.7. The summed E-state index contributed by atoms with van der Waals surface area (Å²) in [5, 5.41) is 2.05. The van der Waals surface area contributed by atoms with Gasteiger partial charge in [0.15, 0.2) is 0 Å². The van der Waals surface area contributed by atoms with Gasteiger partial charge in [0.05, 0.1) is 6.16 Å². The number of aryl methyl sites for hydroxylation is 8. The standard InChI is InChI=1S/C47H46O5P2/c1-26-19-30(5)44-39(21-26)40-22-27(2)20-31(6)45(40)51-54(50-44)52-47-33(8)24-29(4)35(10)43(47)42-34(9)28(3)23-32(7)46(42)49-53-25-36-15-11-12-16-37(36)38-17-13-14-18-41(38)48-53/h11-24H,25H2,1-10H3. The van der Waals surface area contributed by atoms with Gasteiger partial charge in [-0.15, -0.1) is 0 Å². The van der Waals surface area contributed by atoms with Crippen molar-refractivity contribution in [1.82, 2.24) is 0 Å². The van der Waals surface area contributed by atoms with Crippen molar-refractivity contribution in [3.63, 3.8) is 0 Å². The van der Waals surface area contributed by atoms with Crippen molar-refractivity contribution >= 4 is 38.6 Å². The minimum Gasteiger partial charge on any atom is -0.438 e. The molecule has 0 aliphatic carbocycles. The zero-order valence-electron chi connectivity index (χ0n) is 32.7. The first kappa shape index (κ1) is 36.0. The van der Waals surface area contributed by atoms with Gasteiger partial charge in [-0.3, -0.25) is 0 Å². The van der Waals surface area contributed by atoms with E-state index in [1.165, 1.54) is 33.4 Å². The molecule has 54 heavy (non-hydrogen) atoms. The Morgan fingerprint density at radius 2 is 1.00 bits per heavy atom. The van der Waals surface area contributed by atoms with Crippen LogP contribution in [0.1, 0.15) is 61.2 Å². The molecular formula is C47H46O5P2. The Kier molecular flexibility index (Phi) is 9.37. The average molecular weight is 753 g/mol. The number of rotatable bonds is 5. The maximum absolute atomic E-state index is 7.18. The summed E-state index contributed by atoms with van der Waals surface area (Å²) in [6.07, 6.45) is 0.657. The fraction of sp³-hybridized carbons (Fsp3) is 0.234. The van der Waals surface area contributed by atoms with Crippen LogP contribution in [0.25, 0.3) is 44.2 Å². The van der Waals surface area contributed by atoms with Crippen LogP contribution >= 0.6 is 16.6 Å². The minimum atomic E-state index is -1.92. The molecule has 1 aromatic heterocycles. The van der Waals surface area contributed by atoms with Gasteiger partial charge in [-0.25, -0.2) is 0 Å². The Labute approximate surface area is 320 Å². The molecule has 0 bridgehead atoms. The van der Waals surface area contributed by atoms with E-state index in [1.807, 2.05) is 12.1 Å². The van der Waals surface area contributed by atoms with Crippen LogP contribution in [-0.2, 0) is 6.16 Å². The Hall–Kier alpha value is -4.95. The van der Waals surface area contributed by atoms with Crippen molar-refractivity contribution in [3.8, 4) is 39.5 Å². The first-order valence-corrected chi connectivity index (χ1v) is 20.9. The first-order valence-electron chi connectivity index (χ1n) is 18.5. The van der Waals surface area contributed by atoms with E-state index in [2.05, 4.69) is 142 Å². The monoisotopic (exact) mass is 752 g/mol. The second kappa shape index (κ2) is 14.0. The molecule has 0 N–H and O–H groups in total. The van der Waals surface area contributed by atoms with Crippen LogP contribution < -0.4 is 13.6 Å². The highest BCUT2D eigenvalue weighted by molar-refractivity contribution is 7.47.